The third-order valence-electron chi connectivity index (χ3n) is 4.13. The second-order valence-electron chi connectivity index (χ2n) is 5.66. The van der Waals surface area contributed by atoms with E-state index in [1.165, 1.54) is 6.42 Å². The molecule has 1 N–H and O–H groups in total. The number of amides is 1. The van der Waals surface area contributed by atoms with Crippen LogP contribution in [0.3, 0.4) is 0 Å². The summed E-state index contributed by atoms with van der Waals surface area (Å²) in [4.78, 5) is 11.9. The SMILES string of the molecule is CCC(C)S1(OC(=O)NC2(S)CCCCC2)C=CC=C1. The first kappa shape index (κ1) is 15.8. The van der Waals surface area contributed by atoms with Gasteiger partial charge >= 0.3 is 6.09 Å². The van der Waals surface area contributed by atoms with Gasteiger partial charge in [0.25, 0.3) is 0 Å². The number of carbonyl (C=O) groups excluding carboxylic acids is 1. The van der Waals surface area contributed by atoms with Gasteiger partial charge in [0.05, 0.1) is 4.87 Å². The summed E-state index contributed by atoms with van der Waals surface area (Å²) in [5, 5.41) is 7.42. The molecule has 1 amide bonds. The van der Waals surface area contributed by atoms with Crippen LogP contribution in [-0.4, -0.2) is 16.2 Å². The summed E-state index contributed by atoms with van der Waals surface area (Å²) in [6.07, 6.45) is 9.92. The molecular weight excluding hydrogens is 290 g/mol. The van der Waals surface area contributed by atoms with Gasteiger partial charge in [0.2, 0.25) is 0 Å². The first-order valence-corrected chi connectivity index (χ1v) is 9.60. The Morgan fingerprint density at radius 2 is 1.95 bits per heavy atom. The van der Waals surface area contributed by atoms with Crippen molar-refractivity contribution in [2.24, 2.45) is 0 Å². The van der Waals surface area contributed by atoms with Gasteiger partial charge in [0, 0.05) is 5.25 Å². The van der Waals surface area contributed by atoms with Crippen LogP contribution < -0.4 is 5.32 Å². The molecule has 2 rings (SSSR count). The van der Waals surface area contributed by atoms with Crippen LogP contribution in [0.1, 0.15) is 52.4 Å². The summed E-state index contributed by atoms with van der Waals surface area (Å²) in [6.45, 7) is 4.27. The van der Waals surface area contributed by atoms with Gasteiger partial charge in [-0.2, -0.15) is 12.6 Å². The lowest BCUT2D eigenvalue weighted by atomic mass is 9.95. The van der Waals surface area contributed by atoms with Crippen LogP contribution in [0.2, 0.25) is 0 Å². The standard InChI is InChI=1S/C15H25NO2S2/c1-3-13(2)20(11-7-8-12-20)18-14(17)16-15(19)9-5-4-6-10-15/h7-8,11-13,19H,3-6,9-10H2,1-2H3,(H,16,17). The number of carbonyl (C=O) groups is 1. The summed E-state index contributed by atoms with van der Waals surface area (Å²) in [5.74, 6) is 0. The minimum Gasteiger partial charge on any atom is -0.391 e. The van der Waals surface area contributed by atoms with E-state index in [1.807, 2.05) is 23.0 Å². The topological polar surface area (TPSA) is 38.3 Å². The quantitative estimate of drug-likeness (QED) is 0.574. The molecule has 0 saturated heterocycles. The van der Waals surface area contributed by atoms with Crippen molar-refractivity contribution in [1.29, 1.82) is 0 Å². The van der Waals surface area contributed by atoms with E-state index in [0.717, 1.165) is 32.1 Å². The van der Waals surface area contributed by atoms with Gasteiger partial charge < -0.3 is 9.50 Å². The van der Waals surface area contributed by atoms with Gasteiger partial charge in [-0.15, -0.1) is 0 Å². The number of hydrogen-bond acceptors (Lipinski definition) is 3. The highest BCUT2D eigenvalue weighted by molar-refractivity contribution is 8.35. The fourth-order valence-electron chi connectivity index (χ4n) is 2.65. The molecule has 1 saturated carbocycles. The van der Waals surface area contributed by atoms with Gasteiger partial charge in [-0.05, 0) is 40.4 Å². The maximum absolute atomic E-state index is 12.3. The molecule has 0 spiro atoms. The molecule has 0 radical (unpaired) electrons. The van der Waals surface area contributed by atoms with Crippen LogP contribution >= 0.6 is 22.9 Å². The van der Waals surface area contributed by atoms with E-state index in [9.17, 15) is 4.79 Å². The number of thiol groups is 1. The summed E-state index contributed by atoms with van der Waals surface area (Å²) in [5.41, 5.74) is 0. The Bertz CT molecular complexity index is 402. The number of allylic oxidation sites excluding steroid dienone is 2. The fourth-order valence-corrected chi connectivity index (χ4v) is 5.46. The lowest BCUT2D eigenvalue weighted by Gasteiger charge is -2.39. The molecule has 0 aromatic heterocycles. The summed E-state index contributed by atoms with van der Waals surface area (Å²) in [7, 11) is -1.57. The molecule has 114 valence electrons. The maximum Gasteiger partial charge on any atom is 0.419 e. The maximum atomic E-state index is 12.3. The Balaban J connectivity index is 1.99. The smallest absolute Gasteiger partial charge is 0.391 e. The second kappa shape index (κ2) is 6.48. The lowest BCUT2D eigenvalue weighted by Crippen LogP contribution is -2.45. The third kappa shape index (κ3) is 3.55. The van der Waals surface area contributed by atoms with Crippen molar-refractivity contribution in [3.05, 3.63) is 23.0 Å². The molecule has 1 heterocycles. The van der Waals surface area contributed by atoms with Crippen molar-refractivity contribution in [3.63, 3.8) is 0 Å². The van der Waals surface area contributed by atoms with Crippen molar-refractivity contribution in [3.8, 4) is 0 Å². The molecular formula is C15H25NO2S2. The van der Waals surface area contributed by atoms with Crippen LogP contribution in [0.5, 0.6) is 0 Å². The Morgan fingerprint density at radius 1 is 1.35 bits per heavy atom. The molecule has 20 heavy (non-hydrogen) atoms. The zero-order valence-corrected chi connectivity index (χ0v) is 14.0. The highest BCUT2D eigenvalue weighted by atomic mass is 32.3. The normalized spacial score (nSPS) is 25.9. The van der Waals surface area contributed by atoms with E-state index in [4.69, 9.17) is 4.18 Å². The molecule has 0 aromatic carbocycles. The molecule has 1 aliphatic carbocycles. The summed E-state index contributed by atoms with van der Waals surface area (Å²) >= 11 is 4.65. The minimum absolute atomic E-state index is 0.326. The van der Waals surface area contributed by atoms with Crippen molar-refractivity contribution < 1.29 is 8.98 Å². The van der Waals surface area contributed by atoms with E-state index in [1.54, 1.807) is 0 Å². The van der Waals surface area contributed by atoms with Gasteiger partial charge in [0.15, 0.2) is 0 Å². The predicted octanol–water partition coefficient (Wildman–Crippen LogP) is 4.86. The minimum atomic E-state index is -1.57. The van der Waals surface area contributed by atoms with E-state index >= 15 is 0 Å². The molecule has 1 atom stereocenters. The number of hydrogen-bond donors (Lipinski definition) is 2. The van der Waals surface area contributed by atoms with Gasteiger partial charge in [-0.3, -0.25) is 0 Å². The Morgan fingerprint density at radius 3 is 2.50 bits per heavy atom. The number of rotatable bonds is 4. The van der Waals surface area contributed by atoms with E-state index in [2.05, 4.69) is 31.8 Å². The van der Waals surface area contributed by atoms with Crippen molar-refractivity contribution in [2.45, 2.75) is 62.5 Å². The zero-order chi connectivity index (χ0) is 14.6. The van der Waals surface area contributed by atoms with Crippen LogP contribution in [0.25, 0.3) is 0 Å². The zero-order valence-electron chi connectivity index (χ0n) is 12.3. The lowest BCUT2D eigenvalue weighted by molar-refractivity contribution is 0.194. The van der Waals surface area contributed by atoms with Gasteiger partial charge in [0.1, 0.15) is 0 Å². The molecule has 0 bridgehead atoms. The average Bonchev–Trinajstić information content (AvgIpc) is 2.87. The van der Waals surface area contributed by atoms with Crippen LogP contribution in [0, 0.1) is 0 Å². The van der Waals surface area contributed by atoms with Gasteiger partial charge in [-0.1, -0.05) is 45.3 Å². The molecule has 1 fully saturated rings. The van der Waals surface area contributed by atoms with Crippen LogP contribution in [0.15, 0.2) is 23.0 Å². The van der Waals surface area contributed by atoms with Crippen LogP contribution in [0.4, 0.5) is 4.79 Å². The molecule has 3 nitrogen and oxygen atoms in total. The predicted molar refractivity (Wildman–Crippen MR) is 90.0 cm³/mol. The van der Waals surface area contributed by atoms with Crippen molar-refractivity contribution >= 4 is 29.0 Å². The highest BCUT2D eigenvalue weighted by Crippen LogP contribution is 2.60. The summed E-state index contributed by atoms with van der Waals surface area (Å²) in [6, 6.07) is 0. The average molecular weight is 316 g/mol. The fraction of sp³-hybridized carbons (Fsp3) is 0.667. The summed E-state index contributed by atoms with van der Waals surface area (Å²) < 4.78 is 5.83. The van der Waals surface area contributed by atoms with Gasteiger partial charge in [-0.25, -0.2) is 4.79 Å². The first-order valence-electron chi connectivity index (χ1n) is 7.41. The Labute approximate surface area is 129 Å². The van der Waals surface area contributed by atoms with Crippen LogP contribution in [-0.2, 0) is 4.18 Å². The van der Waals surface area contributed by atoms with E-state index in [-0.39, 0.29) is 6.09 Å². The number of nitrogens with one attached hydrogen (secondary N) is 1. The second-order valence-corrected chi connectivity index (χ2v) is 9.43. The van der Waals surface area contributed by atoms with Crippen molar-refractivity contribution in [2.75, 3.05) is 0 Å². The Kier molecular flexibility index (Phi) is 5.13. The highest BCUT2D eigenvalue weighted by Gasteiger charge is 2.35. The molecule has 1 unspecified atom stereocenters. The monoisotopic (exact) mass is 315 g/mol. The molecule has 2 aliphatic rings. The first-order chi connectivity index (χ1) is 9.50. The van der Waals surface area contributed by atoms with Crippen molar-refractivity contribution in [1.82, 2.24) is 5.32 Å². The largest absolute Gasteiger partial charge is 0.419 e. The molecule has 5 heteroatoms. The van der Waals surface area contributed by atoms with E-state index in [0.29, 0.717) is 5.25 Å². The Hall–Kier alpha value is -0.550. The third-order valence-corrected chi connectivity index (χ3v) is 7.89. The molecule has 1 aliphatic heterocycles. The van der Waals surface area contributed by atoms with E-state index < -0.39 is 15.2 Å². The molecule has 0 aromatic rings.